The molecule has 5 heteroatoms. The van der Waals surface area contributed by atoms with Gasteiger partial charge in [0.05, 0.1) is 6.61 Å². The molecular formula is C15H25N3OS. The van der Waals surface area contributed by atoms with E-state index in [4.69, 9.17) is 0 Å². The fourth-order valence-corrected chi connectivity index (χ4v) is 4.41. The number of hydrogen-bond donors (Lipinski definition) is 2. The van der Waals surface area contributed by atoms with E-state index >= 15 is 0 Å². The summed E-state index contributed by atoms with van der Waals surface area (Å²) in [5.74, 6) is 1.70. The van der Waals surface area contributed by atoms with Crippen LogP contribution >= 0.6 is 11.8 Å². The molecule has 2 aliphatic carbocycles. The number of thioether (sulfide) groups is 1. The van der Waals surface area contributed by atoms with Gasteiger partial charge in [-0.15, -0.1) is 0 Å². The second kappa shape index (κ2) is 6.08. The highest BCUT2D eigenvalue weighted by Crippen LogP contribution is 2.41. The largest absolute Gasteiger partial charge is 0.394 e. The van der Waals surface area contributed by atoms with Crippen LogP contribution < -0.4 is 5.32 Å². The third kappa shape index (κ3) is 3.05. The highest BCUT2D eigenvalue weighted by Gasteiger charge is 2.44. The molecule has 2 aliphatic rings. The minimum atomic E-state index is 0.00334. The van der Waals surface area contributed by atoms with Crippen molar-refractivity contribution in [2.45, 2.75) is 55.3 Å². The van der Waals surface area contributed by atoms with Crippen LogP contribution in [0.1, 0.15) is 38.5 Å². The number of nitrogens with one attached hydrogen (secondary N) is 1. The van der Waals surface area contributed by atoms with Gasteiger partial charge in [-0.3, -0.25) is 0 Å². The Morgan fingerprint density at radius 1 is 1.50 bits per heavy atom. The Morgan fingerprint density at radius 2 is 2.35 bits per heavy atom. The Labute approximate surface area is 125 Å². The summed E-state index contributed by atoms with van der Waals surface area (Å²) in [5, 5.41) is 14.7. The third-order valence-corrected chi connectivity index (χ3v) is 5.87. The van der Waals surface area contributed by atoms with Crippen molar-refractivity contribution in [1.29, 1.82) is 0 Å². The Kier molecular flexibility index (Phi) is 4.38. The highest BCUT2D eigenvalue weighted by molar-refractivity contribution is 7.99. The van der Waals surface area contributed by atoms with Crippen molar-refractivity contribution in [3.63, 3.8) is 0 Å². The lowest BCUT2D eigenvalue weighted by atomic mass is 9.85. The van der Waals surface area contributed by atoms with Crippen molar-refractivity contribution in [1.82, 2.24) is 14.9 Å². The van der Waals surface area contributed by atoms with Crippen LogP contribution in [0.3, 0.4) is 0 Å². The van der Waals surface area contributed by atoms with Gasteiger partial charge in [-0.25, -0.2) is 4.98 Å². The Morgan fingerprint density at radius 3 is 3.00 bits per heavy atom. The minimum absolute atomic E-state index is 0.00334. The van der Waals surface area contributed by atoms with Crippen LogP contribution in [0.4, 0.5) is 0 Å². The van der Waals surface area contributed by atoms with Crippen LogP contribution in [0, 0.1) is 5.92 Å². The zero-order valence-corrected chi connectivity index (χ0v) is 13.0. The van der Waals surface area contributed by atoms with Crippen molar-refractivity contribution in [3.8, 4) is 0 Å². The number of aliphatic hydroxyl groups is 1. The first-order valence-corrected chi connectivity index (χ1v) is 8.71. The minimum Gasteiger partial charge on any atom is -0.394 e. The molecule has 20 heavy (non-hydrogen) atoms. The van der Waals surface area contributed by atoms with E-state index in [1.54, 1.807) is 0 Å². The van der Waals surface area contributed by atoms with Gasteiger partial charge in [-0.2, -0.15) is 0 Å². The molecule has 2 saturated carbocycles. The van der Waals surface area contributed by atoms with Crippen LogP contribution in [0.15, 0.2) is 17.6 Å². The van der Waals surface area contributed by atoms with Gasteiger partial charge in [-0.05, 0) is 38.0 Å². The molecule has 112 valence electrons. The number of aromatic nitrogens is 2. The summed E-state index contributed by atoms with van der Waals surface area (Å²) < 4.78 is 2.07. The van der Waals surface area contributed by atoms with Gasteiger partial charge in [0.15, 0.2) is 5.16 Å². The summed E-state index contributed by atoms with van der Waals surface area (Å²) in [5.41, 5.74) is 0.00334. The number of nitrogens with zero attached hydrogens (tertiary/aromatic N) is 2. The van der Waals surface area contributed by atoms with E-state index in [-0.39, 0.29) is 5.54 Å². The van der Waals surface area contributed by atoms with Crippen LogP contribution in [0.25, 0.3) is 0 Å². The molecule has 2 unspecified atom stereocenters. The molecule has 3 rings (SSSR count). The van der Waals surface area contributed by atoms with Gasteiger partial charge in [0.2, 0.25) is 0 Å². The molecule has 4 nitrogen and oxygen atoms in total. The van der Waals surface area contributed by atoms with Crippen LogP contribution in [0.2, 0.25) is 0 Å². The van der Waals surface area contributed by atoms with Crippen LogP contribution in [0.5, 0.6) is 0 Å². The van der Waals surface area contributed by atoms with E-state index in [1.807, 2.05) is 31.2 Å². The van der Waals surface area contributed by atoms with Gasteiger partial charge in [0.1, 0.15) is 0 Å². The molecule has 2 fully saturated rings. The van der Waals surface area contributed by atoms with E-state index < -0.39 is 0 Å². The van der Waals surface area contributed by atoms with E-state index in [2.05, 4.69) is 14.9 Å². The first-order valence-electron chi connectivity index (χ1n) is 7.72. The summed E-state index contributed by atoms with van der Waals surface area (Å²) in [6.07, 6.45) is 11.2. The van der Waals surface area contributed by atoms with E-state index in [0.717, 1.165) is 23.8 Å². The zero-order chi connectivity index (χ0) is 14.0. The Hall–Kier alpha value is -0.520. The topological polar surface area (TPSA) is 50.1 Å². The van der Waals surface area contributed by atoms with Crippen molar-refractivity contribution < 1.29 is 5.11 Å². The number of hydrogen-bond acceptors (Lipinski definition) is 4. The maximum Gasteiger partial charge on any atom is 0.167 e. The molecule has 0 aromatic carbocycles. The molecule has 1 aromatic heterocycles. The first kappa shape index (κ1) is 14.4. The summed E-state index contributed by atoms with van der Waals surface area (Å²) in [7, 11) is 2.04. The van der Waals surface area contributed by atoms with E-state index in [1.165, 1.54) is 25.7 Å². The molecule has 0 spiro atoms. The lowest BCUT2D eigenvalue weighted by Gasteiger charge is -2.35. The second-order valence-corrected chi connectivity index (χ2v) is 7.34. The number of aryl methyl sites for hydroxylation is 1. The van der Waals surface area contributed by atoms with Gasteiger partial charge in [0, 0.05) is 36.8 Å². The quantitative estimate of drug-likeness (QED) is 0.757. The van der Waals surface area contributed by atoms with Crippen LogP contribution in [-0.2, 0) is 7.05 Å². The Balaban J connectivity index is 1.53. The highest BCUT2D eigenvalue weighted by atomic mass is 32.2. The van der Waals surface area contributed by atoms with Crippen molar-refractivity contribution in [2.24, 2.45) is 13.0 Å². The smallest absolute Gasteiger partial charge is 0.167 e. The average Bonchev–Trinajstić information content (AvgIpc) is 3.03. The molecule has 2 atom stereocenters. The number of imidazole rings is 1. The van der Waals surface area contributed by atoms with Crippen LogP contribution in [-0.4, -0.2) is 38.6 Å². The summed E-state index contributed by atoms with van der Waals surface area (Å²) in [6.45, 7) is 0.293. The van der Waals surface area contributed by atoms with Gasteiger partial charge in [-0.1, -0.05) is 18.2 Å². The van der Waals surface area contributed by atoms with Gasteiger partial charge >= 0.3 is 0 Å². The molecule has 1 aromatic rings. The van der Waals surface area contributed by atoms with Gasteiger partial charge < -0.3 is 15.0 Å². The normalized spacial score (nSPS) is 30.0. The van der Waals surface area contributed by atoms with Crippen molar-refractivity contribution in [2.75, 3.05) is 12.4 Å². The number of rotatable bonds is 7. The monoisotopic (exact) mass is 295 g/mol. The average molecular weight is 295 g/mol. The molecule has 0 amide bonds. The number of aliphatic hydroxyl groups excluding tert-OH is 1. The van der Waals surface area contributed by atoms with Crippen molar-refractivity contribution >= 4 is 11.8 Å². The lowest BCUT2D eigenvalue weighted by molar-refractivity contribution is 0.120. The summed E-state index contributed by atoms with van der Waals surface area (Å²) >= 11 is 1.83. The fourth-order valence-electron chi connectivity index (χ4n) is 3.43. The molecule has 0 radical (unpaired) electrons. The maximum atomic E-state index is 9.91. The lowest BCUT2D eigenvalue weighted by Crippen LogP contribution is -2.52. The standard InChI is InChI=1S/C15H25N3OS/c1-18-9-8-16-14(18)20-10-6-12-3-2-7-15(12,11-19)17-13-4-5-13/h8-9,12-13,17,19H,2-7,10-11H2,1H3. The predicted molar refractivity (Wildman–Crippen MR) is 81.9 cm³/mol. The third-order valence-electron chi connectivity index (χ3n) is 4.78. The van der Waals surface area contributed by atoms with Gasteiger partial charge in [0.25, 0.3) is 0 Å². The molecule has 0 saturated heterocycles. The maximum absolute atomic E-state index is 9.91. The van der Waals surface area contributed by atoms with E-state index in [0.29, 0.717) is 18.6 Å². The predicted octanol–water partition coefficient (Wildman–Crippen LogP) is 2.19. The van der Waals surface area contributed by atoms with E-state index in [9.17, 15) is 5.11 Å². The summed E-state index contributed by atoms with van der Waals surface area (Å²) in [4.78, 5) is 4.36. The SMILES string of the molecule is Cn1ccnc1SCCC1CCCC1(CO)NC1CC1. The first-order chi connectivity index (χ1) is 9.73. The molecular weight excluding hydrogens is 270 g/mol. The molecule has 1 heterocycles. The second-order valence-electron chi connectivity index (χ2n) is 6.28. The molecule has 0 aliphatic heterocycles. The zero-order valence-electron chi connectivity index (χ0n) is 12.2. The molecule has 0 bridgehead atoms. The fraction of sp³-hybridized carbons (Fsp3) is 0.800. The molecule has 2 N–H and O–H groups in total. The summed E-state index contributed by atoms with van der Waals surface area (Å²) in [6, 6.07) is 0.671. The van der Waals surface area contributed by atoms with Crippen molar-refractivity contribution in [3.05, 3.63) is 12.4 Å². The Bertz CT molecular complexity index is 446.